The SMILES string of the molecule is CCc1nc2sc(C(c3cccc(C)c3)N3CCN(C(=O)c4ccco4)CC3)c(O)n2n1. The highest BCUT2D eigenvalue weighted by atomic mass is 32.1. The lowest BCUT2D eigenvalue weighted by Crippen LogP contribution is -2.49. The van der Waals surface area contributed by atoms with Crippen LogP contribution < -0.4 is 0 Å². The molecule has 9 heteroatoms. The highest BCUT2D eigenvalue weighted by molar-refractivity contribution is 7.17. The Kier molecular flexibility index (Phi) is 5.44. The average Bonchev–Trinajstić information content (AvgIpc) is 3.53. The van der Waals surface area contributed by atoms with Crippen LogP contribution in [0.25, 0.3) is 4.96 Å². The summed E-state index contributed by atoms with van der Waals surface area (Å²) in [6.45, 7) is 6.59. The van der Waals surface area contributed by atoms with E-state index in [1.54, 1.807) is 12.1 Å². The number of amides is 1. The van der Waals surface area contributed by atoms with Crippen molar-refractivity contribution in [3.63, 3.8) is 0 Å². The molecule has 1 aromatic carbocycles. The molecule has 0 bridgehead atoms. The monoisotopic (exact) mass is 451 g/mol. The number of fused-ring (bicyclic) bond motifs is 1. The van der Waals surface area contributed by atoms with Crippen LogP contribution in [0.2, 0.25) is 0 Å². The minimum atomic E-state index is -0.144. The van der Waals surface area contributed by atoms with Gasteiger partial charge >= 0.3 is 0 Å². The zero-order valence-corrected chi connectivity index (χ0v) is 18.9. The van der Waals surface area contributed by atoms with Gasteiger partial charge in [-0.15, -0.1) is 5.10 Å². The Morgan fingerprint density at radius 2 is 2.03 bits per heavy atom. The summed E-state index contributed by atoms with van der Waals surface area (Å²) in [6.07, 6.45) is 2.24. The second kappa shape index (κ2) is 8.40. The summed E-state index contributed by atoms with van der Waals surface area (Å²) >= 11 is 1.47. The van der Waals surface area contributed by atoms with Gasteiger partial charge in [0.15, 0.2) is 11.6 Å². The third kappa shape index (κ3) is 3.67. The number of hydrogen-bond acceptors (Lipinski definition) is 7. The molecule has 1 aliphatic rings. The zero-order valence-electron chi connectivity index (χ0n) is 18.1. The molecule has 1 unspecified atom stereocenters. The van der Waals surface area contributed by atoms with Crippen molar-refractivity contribution in [1.82, 2.24) is 24.4 Å². The first kappa shape index (κ1) is 20.7. The second-order valence-electron chi connectivity index (χ2n) is 7.99. The lowest BCUT2D eigenvalue weighted by molar-refractivity contribution is 0.0568. The van der Waals surface area contributed by atoms with E-state index >= 15 is 0 Å². The Hall–Kier alpha value is -3.17. The number of carbonyl (C=O) groups is 1. The van der Waals surface area contributed by atoms with E-state index in [9.17, 15) is 9.90 Å². The topological polar surface area (TPSA) is 87.1 Å². The Balaban J connectivity index is 1.46. The van der Waals surface area contributed by atoms with Crippen LogP contribution in [0.3, 0.4) is 0 Å². The van der Waals surface area contributed by atoms with E-state index in [4.69, 9.17) is 4.42 Å². The molecule has 3 aromatic heterocycles. The smallest absolute Gasteiger partial charge is 0.289 e. The van der Waals surface area contributed by atoms with Crippen molar-refractivity contribution in [2.24, 2.45) is 0 Å². The van der Waals surface area contributed by atoms with Crippen LogP contribution in [-0.4, -0.2) is 61.6 Å². The lowest BCUT2D eigenvalue weighted by Gasteiger charge is -2.39. The summed E-state index contributed by atoms with van der Waals surface area (Å²) in [5, 5.41) is 15.5. The van der Waals surface area contributed by atoms with Gasteiger partial charge < -0.3 is 14.4 Å². The highest BCUT2D eigenvalue weighted by Crippen LogP contribution is 2.40. The number of thiazole rings is 1. The van der Waals surface area contributed by atoms with Gasteiger partial charge in [0.2, 0.25) is 10.8 Å². The molecule has 0 aliphatic carbocycles. The summed E-state index contributed by atoms with van der Waals surface area (Å²) in [5.41, 5.74) is 2.26. The van der Waals surface area contributed by atoms with Crippen LogP contribution in [0.1, 0.15) is 45.3 Å². The molecule has 0 radical (unpaired) electrons. The average molecular weight is 452 g/mol. The first-order valence-corrected chi connectivity index (χ1v) is 11.6. The zero-order chi connectivity index (χ0) is 22.2. The molecule has 1 fully saturated rings. The first-order chi connectivity index (χ1) is 15.5. The van der Waals surface area contributed by atoms with Gasteiger partial charge in [-0.1, -0.05) is 48.1 Å². The maximum Gasteiger partial charge on any atom is 0.289 e. The minimum Gasteiger partial charge on any atom is -0.492 e. The number of carbonyl (C=O) groups excluding carboxylic acids is 1. The maximum atomic E-state index is 12.7. The summed E-state index contributed by atoms with van der Waals surface area (Å²) in [7, 11) is 0. The summed E-state index contributed by atoms with van der Waals surface area (Å²) in [6, 6.07) is 11.6. The van der Waals surface area contributed by atoms with Crippen molar-refractivity contribution in [1.29, 1.82) is 0 Å². The standard InChI is InChI=1S/C23H25N5O3S/c1-3-18-24-23-28(25-18)22(30)20(32-23)19(16-7-4-6-15(2)14-16)26-9-11-27(12-10-26)21(29)17-8-5-13-31-17/h4-8,13-14,19,30H,3,9-12H2,1-2H3. The predicted octanol–water partition coefficient (Wildman–Crippen LogP) is 3.51. The van der Waals surface area contributed by atoms with E-state index in [2.05, 4.69) is 40.1 Å². The molecule has 1 saturated heterocycles. The Labute approximate surface area is 189 Å². The molecule has 0 saturated carbocycles. The molecule has 1 aliphatic heterocycles. The third-order valence-corrected chi connectivity index (χ3v) is 6.94. The van der Waals surface area contributed by atoms with Crippen LogP contribution in [0.4, 0.5) is 0 Å². The van der Waals surface area contributed by atoms with Crippen LogP contribution in [0.5, 0.6) is 5.88 Å². The summed E-state index contributed by atoms with van der Waals surface area (Å²) in [4.78, 5) is 22.9. The Bertz CT molecular complexity index is 1240. The minimum absolute atomic E-state index is 0.0875. The van der Waals surface area contributed by atoms with E-state index in [1.807, 2.05) is 17.9 Å². The Morgan fingerprint density at radius 3 is 2.69 bits per heavy atom. The van der Waals surface area contributed by atoms with Gasteiger partial charge in [-0.05, 0) is 24.6 Å². The van der Waals surface area contributed by atoms with Gasteiger partial charge in [-0.25, -0.2) is 4.98 Å². The van der Waals surface area contributed by atoms with Crippen LogP contribution >= 0.6 is 11.3 Å². The number of furan rings is 1. The number of aromatic hydroxyl groups is 1. The highest BCUT2D eigenvalue weighted by Gasteiger charge is 2.33. The van der Waals surface area contributed by atoms with E-state index in [1.165, 1.54) is 22.1 Å². The molecule has 1 amide bonds. The third-order valence-electron chi connectivity index (χ3n) is 5.86. The van der Waals surface area contributed by atoms with Crippen molar-refractivity contribution in [2.45, 2.75) is 26.3 Å². The van der Waals surface area contributed by atoms with Crippen molar-refractivity contribution >= 4 is 22.2 Å². The number of piperazine rings is 1. The van der Waals surface area contributed by atoms with E-state index < -0.39 is 0 Å². The van der Waals surface area contributed by atoms with Crippen molar-refractivity contribution in [3.05, 3.63) is 70.3 Å². The molecule has 0 spiro atoms. The van der Waals surface area contributed by atoms with Gasteiger partial charge in [0, 0.05) is 32.6 Å². The quantitative estimate of drug-likeness (QED) is 0.500. The van der Waals surface area contributed by atoms with Gasteiger partial charge in [0.1, 0.15) is 0 Å². The predicted molar refractivity (Wildman–Crippen MR) is 121 cm³/mol. The summed E-state index contributed by atoms with van der Waals surface area (Å²) < 4.78 is 6.82. The number of aryl methyl sites for hydroxylation is 2. The van der Waals surface area contributed by atoms with Gasteiger partial charge in [-0.2, -0.15) is 4.52 Å². The number of rotatable bonds is 5. The Morgan fingerprint density at radius 1 is 1.22 bits per heavy atom. The van der Waals surface area contributed by atoms with Crippen LogP contribution in [0.15, 0.2) is 47.1 Å². The number of nitrogens with zero attached hydrogens (tertiary/aromatic N) is 5. The first-order valence-electron chi connectivity index (χ1n) is 10.8. The molecule has 1 N–H and O–H groups in total. The summed E-state index contributed by atoms with van der Waals surface area (Å²) in [5.74, 6) is 1.13. The van der Waals surface area contributed by atoms with Crippen LogP contribution in [-0.2, 0) is 6.42 Å². The fourth-order valence-corrected chi connectivity index (χ4v) is 5.36. The van der Waals surface area contributed by atoms with E-state index in [0.717, 1.165) is 28.2 Å². The molecule has 4 aromatic rings. The van der Waals surface area contributed by atoms with Crippen LogP contribution in [0, 0.1) is 6.92 Å². The normalized spacial score (nSPS) is 16.0. The fraction of sp³-hybridized carbons (Fsp3) is 0.348. The molecule has 1 atom stereocenters. The lowest BCUT2D eigenvalue weighted by atomic mass is 10.0. The number of aromatic nitrogens is 3. The molecular formula is C23H25N5O3S. The van der Waals surface area contributed by atoms with Crippen molar-refractivity contribution < 1.29 is 14.3 Å². The fourth-order valence-electron chi connectivity index (χ4n) is 4.23. The van der Waals surface area contributed by atoms with Gasteiger partial charge in [0.25, 0.3) is 5.91 Å². The van der Waals surface area contributed by atoms with E-state index in [0.29, 0.717) is 36.9 Å². The molecule has 5 rings (SSSR count). The number of benzene rings is 1. The number of hydrogen-bond donors (Lipinski definition) is 1. The van der Waals surface area contributed by atoms with Gasteiger partial charge in [-0.3, -0.25) is 9.69 Å². The molecular weight excluding hydrogens is 426 g/mol. The largest absolute Gasteiger partial charge is 0.492 e. The molecule has 166 valence electrons. The second-order valence-corrected chi connectivity index (χ2v) is 9.00. The van der Waals surface area contributed by atoms with E-state index in [-0.39, 0.29) is 17.8 Å². The maximum absolute atomic E-state index is 12.7. The molecule has 8 nitrogen and oxygen atoms in total. The van der Waals surface area contributed by atoms with Crippen molar-refractivity contribution in [2.75, 3.05) is 26.2 Å². The molecule has 4 heterocycles. The molecule has 32 heavy (non-hydrogen) atoms. The van der Waals surface area contributed by atoms with Gasteiger partial charge in [0.05, 0.1) is 17.2 Å². The van der Waals surface area contributed by atoms with Crippen molar-refractivity contribution in [3.8, 4) is 5.88 Å².